The van der Waals surface area contributed by atoms with Gasteiger partial charge in [-0.1, -0.05) is 95.2 Å². The summed E-state index contributed by atoms with van der Waals surface area (Å²) in [5.74, 6) is 0.0568. The third kappa shape index (κ3) is 4.93. The van der Waals surface area contributed by atoms with E-state index >= 15 is 0 Å². The summed E-state index contributed by atoms with van der Waals surface area (Å²) in [6.07, 6.45) is 6.54. The van der Waals surface area contributed by atoms with Crippen LogP contribution in [-0.2, 0) is 10.2 Å². The SMILES string of the molecule is CCCCCCN1C(=O)/C(=C\c2ccc(C(C)(C)C)cc2)SC1=S. The minimum absolute atomic E-state index is 0.0568. The number of thioether (sulfide) groups is 1. The average molecular weight is 362 g/mol. The van der Waals surface area contributed by atoms with E-state index in [9.17, 15) is 4.79 Å². The van der Waals surface area contributed by atoms with Crippen LogP contribution in [0.1, 0.15) is 64.5 Å². The normalized spacial score (nSPS) is 17.2. The fourth-order valence-corrected chi connectivity index (χ4v) is 3.93. The Kier molecular flexibility index (Phi) is 6.64. The number of hydrogen-bond acceptors (Lipinski definition) is 3. The Balaban J connectivity index is 2.05. The molecule has 0 saturated carbocycles. The number of hydrogen-bond donors (Lipinski definition) is 0. The minimum Gasteiger partial charge on any atom is -0.293 e. The van der Waals surface area contributed by atoms with Crippen LogP contribution < -0.4 is 0 Å². The lowest BCUT2D eigenvalue weighted by atomic mass is 9.87. The van der Waals surface area contributed by atoms with Crippen molar-refractivity contribution >= 4 is 40.3 Å². The number of carbonyl (C=O) groups excluding carboxylic acids is 1. The second-order valence-electron chi connectivity index (χ2n) is 7.27. The lowest BCUT2D eigenvalue weighted by Crippen LogP contribution is -2.28. The van der Waals surface area contributed by atoms with E-state index in [2.05, 4.69) is 52.0 Å². The Labute approximate surface area is 155 Å². The van der Waals surface area contributed by atoms with Crippen molar-refractivity contribution in [2.24, 2.45) is 0 Å². The van der Waals surface area contributed by atoms with Gasteiger partial charge in [0.05, 0.1) is 4.91 Å². The number of rotatable bonds is 6. The molecule has 4 heteroatoms. The fourth-order valence-electron chi connectivity index (χ4n) is 2.62. The number of benzene rings is 1. The van der Waals surface area contributed by atoms with E-state index in [0.717, 1.165) is 29.9 Å². The summed E-state index contributed by atoms with van der Waals surface area (Å²) in [6, 6.07) is 8.43. The van der Waals surface area contributed by atoms with E-state index in [4.69, 9.17) is 12.2 Å². The van der Waals surface area contributed by atoms with E-state index in [1.807, 2.05) is 6.08 Å². The standard InChI is InChI=1S/C20H27NOS2/c1-5-6-7-8-13-21-18(22)17(24-19(21)23)14-15-9-11-16(12-10-15)20(2,3)4/h9-12,14H,5-8,13H2,1-4H3/b17-14+. The summed E-state index contributed by atoms with van der Waals surface area (Å²) in [7, 11) is 0. The van der Waals surface area contributed by atoms with Crippen molar-refractivity contribution in [1.29, 1.82) is 0 Å². The Morgan fingerprint density at radius 3 is 2.38 bits per heavy atom. The summed E-state index contributed by atoms with van der Waals surface area (Å²) in [5, 5.41) is 0. The third-order valence-electron chi connectivity index (χ3n) is 4.18. The number of amides is 1. The quantitative estimate of drug-likeness (QED) is 0.365. The lowest BCUT2D eigenvalue weighted by molar-refractivity contribution is -0.122. The molecule has 0 bridgehead atoms. The van der Waals surface area contributed by atoms with Crippen LogP contribution >= 0.6 is 24.0 Å². The van der Waals surface area contributed by atoms with Gasteiger partial charge in [-0.05, 0) is 29.0 Å². The molecule has 0 aliphatic carbocycles. The third-order valence-corrected chi connectivity index (χ3v) is 5.56. The van der Waals surface area contributed by atoms with Gasteiger partial charge in [0, 0.05) is 6.54 Å². The molecule has 1 aromatic carbocycles. The molecule has 24 heavy (non-hydrogen) atoms. The van der Waals surface area contributed by atoms with Crippen molar-refractivity contribution < 1.29 is 4.79 Å². The summed E-state index contributed by atoms with van der Waals surface area (Å²) < 4.78 is 0.689. The van der Waals surface area contributed by atoms with Crippen molar-refractivity contribution in [3.05, 3.63) is 40.3 Å². The van der Waals surface area contributed by atoms with Gasteiger partial charge in [0.1, 0.15) is 4.32 Å². The van der Waals surface area contributed by atoms with Gasteiger partial charge in [0.15, 0.2) is 0 Å². The molecule has 0 radical (unpaired) electrons. The average Bonchev–Trinajstić information content (AvgIpc) is 2.78. The Hall–Kier alpha value is -1.13. The van der Waals surface area contributed by atoms with Gasteiger partial charge in [-0.15, -0.1) is 0 Å². The molecule has 1 aromatic rings. The zero-order valence-electron chi connectivity index (χ0n) is 15.1. The summed E-state index contributed by atoms with van der Waals surface area (Å²) in [6.45, 7) is 9.53. The van der Waals surface area contributed by atoms with E-state index in [1.165, 1.54) is 30.2 Å². The van der Waals surface area contributed by atoms with E-state index in [-0.39, 0.29) is 11.3 Å². The van der Waals surface area contributed by atoms with Crippen LogP contribution in [0.3, 0.4) is 0 Å². The van der Waals surface area contributed by atoms with Crippen LogP contribution in [0.2, 0.25) is 0 Å². The first-order valence-corrected chi connectivity index (χ1v) is 9.91. The summed E-state index contributed by atoms with van der Waals surface area (Å²) in [4.78, 5) is 15.0. The molecule has 0 aromatic heterocycles. The molecule has 1 aliphatic heterocycles. The van der Waals surface area contributed by atoms with Crippen molar-refractivity contribution in [3.63, 3.8) is 0 Å². The highest BCUT2D eigenvalue weighted by atomic mass is 32.2. The zero-order chi connectivity index (χ0) is 17.7. The smallest absolute Gasteiger partial charge is 0.266 e. The van der Waals surface area contributed by atoms with Gasteiger partial charge < -0.3 is 0 Å². The van der Waals surface area contributed by atoms with Crippen molar-refractivity contribution in [1.82, 2.24) is 4.90 Å². The molecule has 0 N–H and O–H groups in total. The molecule has 1 amide bonds. The van der Waals surface area contributed by atoms with Crippen molar-refractivity contribution in [3.8, 4) is 0 Å². The summed E-state index contributed by atoms with van der Waals surface area (Å²) >= 11 is 6.80. The Morgan fingerprint density at radius 1 is 1.12 bits per heavy atom. The number of thiocarbonyl (C=S) groups is 1. The molecule has 0 unspecified atom stereocenters. The molecule has 1 saturated heterocycles. The Bertz CT molecular complexity index is 626. The van der Waals surface area contributed by atoms with Gasteiger partial charge >= 0.3 is 0 Å². The second-order valence-corrected chi connectivity index (χ2v) is 8.94. The zero-order valence-corrected chi connectivity index (χ0v) is 16.7. The lowest BCUT2D eigenvalue weighted by Gasteiger charge is -2.18. The van der Waals surface area contributed by atoms with E-state index < -0.39 is 0 Å². The second kappa shape index (κ2) is 8.30. The maximum atomic E-state index is 12.6. The molecular weight excluding hydrogens is 334 g/mol. The van der Waals surface area contributed by atoms with Crippen LogP contribution in [0.25, 0.3) is 6.08 Å². The highest BCUT2D eigenvalue weighted by Gasteiger charge is 2.31. The molecule has 0 atom stereocenters. The van der Waals surface area contributed by atoms with E-state index in [1.54, 1.807) is 4.90 Å². The topological polar surface area (TPSA) is 20.3 Å². The molecule has 130 valence electrons. The first kappa shape index (κ1) is 19.2. The van der Waals surface area contributed by atoms with Crippen molar-refractivity contribution in [2.75, 3.05) is 6.54 Å². The molecule has 1 fully saturated rings. The first-order valence-electron chi connectivity index (χ1n) is 8.69. The predicted octanol–water partition coefficient (Wildman–Crippen LogP) is 5.77. The van der Waals surface area contributed by atoms with Gasteiger partial charge in [0.25, 0.3) is 5.91 Å². The first-order chi connectivity index (χ1) is 11.3. The minimum atomic E-state index is 0.0568. The van der Waals surface area contributed by atoms with Crippen molar-refractivity contribution in [2.45, 2.75) is 58.8 Å². The highest BCUT2D eigenvalue weighted by Crippen LogP contribution is 2.33. The van der Waals surface area contributed by atoms with Gasteiger partial charge in [-0.3, -0.25) is 9.69 Å². The molecule has 1 aliphatic rings. The van der Waals surface area contributed by atoms with Gasteiger partial charge in [-0.2, -0.15) is 0 Å². The van der Waals surface area contributed by atoms with Crippen LogP contribution in [-0.4, -0.2) is 21.7 Å². The van der Waals surface area contributed by atoms with Crippen LogP contribution in [0, 0.1) is 0 Å². The maximum absolute atomic E-state index is 12.6. The number of unbranched alkanes of at least 4 members (excludes halogenated alkanes) is 3. The van der Waals surface area contributed by atoms with Crippen LogP contribution in [0.4, 0.5) is 0 Å². The monoisotopic (exact) mass is 361 g/mol. The van der Waals surface area contributed by atoms with Crippen LogP contribution in [0.15, 0.2) is 29.2 Å². The van der Waals surface area contributed by atoms with Gasteiger partial charge in [0.2, 0.25) is 0 Å². The van der Waals surface area contributed by atoms with Gasteiger partial charge in [-0.25, -0.2) is 0 Å². The number of nitrogens with zero attached hydrogens (tertiary/aromatic N) is 1. The molecular formula is C20H27NOS2. The number of carbonyl (C=O) groups is 1. The fraction of sp³-hybridized carbons (Fsp3) is 0.500. The largest absolute Gasteiger partial charge is 0.293 e. The molecule has 0 spiro atoms. The molecule has 2 rings (SSSR count). The Morgan fingerprint density at radius 2 is 1.79 bits per heavy atom. The molecule has 1 heterocycles. The maximum Gasteiger partial charge on any atom is 0.266 e. The predicted molar refractivity (Wildman–Crippen MR) is 109 cm³/mol. The summed E-state index contributed by atoms with van der Waals surface area (Å²) in [5.41, 5.74) is 2.48. The molecule has 2 nitrogen and oxygen atoms in total. The van der Waals surface area contributed by atoms with Crippen LogP contribution in [0.5, 0.6) is 0 Å². The van der Waals surface area contributed by atoms with E-state index in [0.29, 0.717) is 4.32 Å². The highest BCUT2D eigenvalue weighted by molar-refractivity contribution is 8.26.